The Morgan fingerprint density at radius 1 is 1.14 bits per heavy atom. The van der Waals surface area contributed by atoms with E-state index in [0.717, 1.165) is 37.9 Å². The highest BCUT2D eigenvalue weighted by atomic mass is 32.2. The van der Waals surface area contributed by atoms with Gasteiger partial charge in [-0.3, -0.25) is 14.4 Å². The summed E-state index contributed by atoms with van der Waals surface area (Å²) in [6, 6.07) is 6.68. The number of nitrogens with zero attached hydrogens (tertiary/aromatic N) is 1. The molecule has 0 aliphatic carbocycles. The number of aliphatic hydroxyl groups is 1. The van der Waals surface area contributed by atoms with Gasteiger partial charge in [0.05, 0.1) is 23.2 Å². The molecule has 3 aliphatic heterocycles. The molecule has 0 aromatic heterocycles. The fourth-order valence-electron chi connectivity index (χ4n) is 6.10. The fourth-order valence-corrected chi connectivity index (χ4v) is 8.32. The summed E-state index contributed by atoms with van der Waals surface area (Å²) in [7, 11) is 0. The number of likely N-dealkylation sites (tertiary alicyclic amines) is 1. The highest BCUT2D eigenvalue weighted by Crippen LogP contribution is 2.66. The average Bonchev–Trinajstić information content (AvgIpc) is 3.51. The molecule has 3 aliphatic rings. The number of carbonyl (C=O) groups is 3. The summed E-state index contributed by atoms with van der Waals surface area (Å²) in [5.74, 6) is -0.599. The lowest BCUT2D eigenvalue weighted by Crippen LogP contribution is -2.53. The van der Waals surface area contributed by atoms with Gasteiger partial charge in [0.1, 0.15) is 11.8 Å². The average molecular weight is 518 g/mol. The Morgan fingerprint density at radius 2 is 1.92 bits per heavy atom. The minimum atomic E-state index is -0.575. The molecule has 3 heterocycles. The first-order valence-electron chi connectivity index (χ1n) is 13.4. The van der Waals surface area contributed by atoms with E-state index in [2.05, 4.69) is 17.6 Å². The van der Waals surface area contributed by atoms with Crippen molar-refractivity contribution in [1.82, 2.24) is 10.2 Å². The van der Waals surface area contributed by atoms with E-state index in [1.54, 1.807) is 16.7 Å². The van der Waals surface area contributed by atoms with E-state index in [1.165, 1.54) is 0 Å². The van der Waals surface area contributed by atoms with Gasteiger partial charge in [0.15, 0.2) is 0 Å². The zero-order valence-corrected chi connectivity index (χ0v) is 22.1. The van der Waals surface area contributed by atoms with Gasteiger partial charge in [-0.05, 0) is 63.3 Å². The van der Waals surface area contributed by atoms with Crippen LogP contribution in [0.15, 0.2) is 24.3 Å². The van der Waals surface area contributed by atoms with Crippen molar-refractivity contribution in [3.63, 3.8) is 0 Å². The van der Waals surface area contributed by atoms with Crippen molar-refractivity contribution in [2.24, 2.45) is 11.8 Å². The van der Waals surface area contributed by atoms with Crippen LogP contribution >= 0.6 is 11.8 Å². The van der Waals surface area contributed by atoms with Gasteiger partial charge in [-0.15, -0.1) is 11.8 Å². The zero-order valence-electron chi connectivity index (χ0n) is 21.3. The normalized spacial score (nSPS) is 28.3. The first kappa shape index (κ1) is 26.8. The molecule has 0 saturated carbocycles. The third kappa shape index (κ3) is 5.09. The summed E-state index contributed by atoms with van der Waals surface area (Å²) >= 11 is 1.68. The van der Waals surface area contributed by atoms with E-state index in [4.69, 9.17) is 4.74 Å². The van der Waals surface area contributed by atoms with Gasteiger partial charge in [-0.1, -0.05) is 19.8 Å². The molecular weight excluding hydrogens is 478 g/mol. The highest BCUT2D eigenvalue weighted by molar-refractivity contribution is 8.02. The van der Waals surface area contributed by atoms with Gasteiger partial charge in [0.2, 0.25) is 17.7 Å². The minimum Gasteiger partial charge on any atom is -0.494 e. The summed E-state index contributed by atoms with van der Waals surface area (Å²) in [4.78, 5) is 42.5. The van der Waals surface area contributed by atoms with Crippen LogP contribution in [0.25, 0.3) is 0 Å². The highest BCUT2D eigenvalue weighted by Gasteiger charge is 2.73. The summed E-state index contributed by atoms with van der Waals surface area (Å²) < 4.78 is 4.91. The smallest absolute Gasteiger partial charge is 0.244 e. The molecule has 2 unspecified atom stereocenters. The Balaban J connectivity index is 1.54. The summed E-state index contributed by atoms with van der Waals surface area (Å²) in [5.41, 5.74) is 0.667. The molecule has 1 aromatic rings. The Labute approximate surface area is 217 Å². The quantitative estimate of drug-likeness (QED) is 0.347. The third-order valence-corrected chi connectivity index (χ3v) is 9.62. The molecule has 1 spiro atoms. The van der Waals surface area contributed by atoms with Crippen molar-refractivity contribution < 1.29 is 24.2 Å². The maximum absolute atomic E-state index is 13.8. The summed E-state index contributed by atoms with van der Waals surface area (Å²) in [6.45, 7) is 5.68. The number of unbranched alkanes of at least 4 members (excludes halogenated alkanes) is 3. The van der Waals surface area contributed by atoms with Gasteiger partial charge in [-0.25, -0.2) is 0 Å². The second-order valence-electron chi connectivity index (χ2n) is 9.96. The molecule has 1 aromatic carbocycles. The Hall–Kier alpha value is -2.26. The number of fused-ring (bicyclic) bond motifs is 1. The molecule has 8 nitrogen and oxygen atoms in total. The van der Waals surface area contributed by atoms with Gasteiger partial charge >= 0.3 is 0 Å². The van der Waals surface area contributed by atoms with Crippen molar-refractivity contribution in [2.45, 2.75) is 74.8 Å². The number of carbonyl (C=O) groups excluding carboxylic acids is 3. The number of hydrogen-bond donors (Lipinski definition) is 3. The predicted octanol–water partition coefficient (Wildman–Crippen LogP) is 3.19. The SMILES string of the molecule is CCCCCNC(=O)C1N(CCCCO)C(=O)[C@@H]2[C@H](C(=O)Nc3ccc(OCC)cc3)[C@@H]3CCC12S3. The Kier molecular flexibility index (Phi) is 8.83. The zero-order chi connectivity index (χ0) is 25.7. The molecule has 3 N–H and O–H groups in total. The van der Waals surface area contributed by atoms with Crippen molar-refractivity contribution in [2.75, 3.05) is 31.6 Å². The second kappa shape index (κ2) is 11.9. The van der Waals surface area contributed by atoms with Crippen molar-refractivity contribution >= 4 is 35.2 Å². The van der Waals surface area contributed by atoms with E-state index >= 15 is 0 Å². The number of aliphatic hydroxyl groups excluding tert-OH is 1. The van der Waals surface area contributed by atoms with Gasteiger partial charge in [-0.2, -0.15) is 0 Å². The third-order valence-electron chi connectivity index (χ3n) is 7.67. The lowest BCUT2D eigenvalue weighted by molar-refractivity contribution is -0.139. The molecule has 2 bridgehead atoms. The number of ether oxygens (including phenoxy) is 1. The topological polar surface area (TPSA) is 108 Å². The summed E-state index contributed by atoms with van der Waals surface area (Å²) in [5, 5.41) is 15.4. The number of rotatable bonds is 13. The van der Waals surface area contributed by atoms with Crippen LogP contribution in [0.4, 0.5) is 5.69 Å². The number of nitrogens with one attached hydrogen (secondary N) is 2. The van der Waals surface area contributed by atoms with Crippen molar-refractivity contribution in [3.05, 3.63) is 24.3 Å². The largest absolute Gasteiger partial charge is 0.494 e. The van der Waals surface area contributed by atoms with E-state index < -0.39 is 22.6 Å². The molecule has 3 saturated heterocycles. The monoisotopic (exact) mass is 517 g/mol. The lowest BCUT2D eigenvalue weighted by atomic mass is 9.70. The maximum atomic E-state index is 13.8. The molecule has 4 rings (SSSR count). The molecular formula is C27H39N3O5S. The van der Waals surface area contributed by atoms with Crippen LogP contribution in [-0.4, -0.2) is 70.1 Å². The number of amides is 3. The van der Waals surface area contributed by atoms with E-state index in [0.29, 0.717) is 38.2 Å². The molecule has 5 atom stereocenters. The van der Waals surface area contributed by atoms with Crippen LogP contribution < -0.4 is 15.4 Å². The van der Waals surface area contributed by atoms with E-state index in [9.17, 15) is 19.5 Å². The van der Waals surface area contributed by atoms with Crippen LogP contribution in [0.2, 0.25) is 0 Å². The van der Waals surface area contributed by atoms with E-state index in [1.807, 2.05) is 31.2 Å². The molecule has 36 heavy (non-hydrogen) atoms. The first-order chi connectivity index (χ1) is 17.5. The van der Waals surface area contributed by atoms with Crippen LogP contribution in [0, 0.1) is 11.8 Å². The number of benzene rings is 1. The molecule has 3 amide bonds. The van der Waals surface area contributed by atoms with Crippen LogP contribution in [-0.2, 0) is 14.4 Å². The van der Waals surface area contributed by atoms with Gasteiger partial charge < -0.3 is 25.4 Å². The standard InChI is InChI=1S/C27H39N3O5S/c1-3-5-6-15-28-25(33)23-27-14-13-20(36-27)21(22(27)26(34)30(23)16-7-8-17-31)24(32)29-18-9-11-19(12-10-18)35-4-2/h9-12,20-23,31H,3-8,13-17H2,1-2H3,(H,28,33)(H,29,32)/t20-,21+,22-,23?,27?/m0/s1. The second-order valence-corrected chi connectivity index (χ2v) is 11.6. The Morgan fingerprint density at radius 3 is 2.61 bits per heavy atom. The first-order valence-corrected chi connectivity index (χ1v) is 14.2. The van der Waals surface area contributed by atoms with E-state index in [-0.39, 0.29) is 29.6 Å². The maximum Gasteiger partial charge on any atom is 0.244 e. The molecule has 9 heteroatoms. The number of anilines is 1. The van der Waals surface area contributed by atoms with Gasteiger partial charge in [0, 0.05) is 30.6 Å². The minimum absolute atomic E-state index is 0.0247. The van der Waals surface area contributed by atoms with Crippen LogP contribution in [0.5, 0.6) is 5.75 Å². The number of hydrogen-bond acceptors (Lipinski definition) is 6. The molecule has 0 radical (unpaired) electrons. The fraction of sp³-hybridized carbons (Fsp3) is 0.667. The van der Waals surface area contributed by atoms with Gasteiger partial charge in [0.25, 0.3) is 0 Å². The Bertz CT molecular complexity index is 942. The van der Waals surface area contributed by atoms with Crippen molar-refractivity contribution in [3.8, 4) is 5.75 Å². The molecule has 198 valence electrons. The summed E-state index contributed by atoms with van der Waals surface area (Å²) in [6.07, 6.45) is 5.80. The van der Waals surface area contributed by atoms with Crippen LogP contribution in [0.1, 0.15) is 58.8 Å². The number of thioether (sulfide) groups is 1. The van der Waals surface area contributed by atoms with Crippen molar-refractivity contribution in [1.29, 1.82) is 0 Å². The predicted molar refractivity (Wildman–Crippen MR) is 141 cm³/mol. The lowest BCUT2D eigenvalue weighted by Gasteiger charge is -2.34. The van der Waals surface area contributed by atoms with Crippen LogP contribution in [0.3, 0.4) is 0 Å². The molecule has 3 fully saturated rings.